The molecule has 1 atom stereocenters. The molecule has 0 aliphatic heterocycles. The van der Waals surface area contributed by atoms with Gasteiger partial charge >= 0.3 is 6.18 Å². The molecule has 5 heteroatoms. The monoisotopic (exact) mass is 302 g/mol. The van der Waals surface area contributed by atoms with Crippen LogP contribution in [0.15, 0.2) is 18.2 Å². The van der Waals surface area contributed by atoms with Gasteiger partial charge in [-0.2, -0.15) is 13.2 Å². The van der Waals surface area contributed by atoms with Crippen molar-refractivity contribution in [3.63, 3.8) is 0 Å². The summed E-state index contributed by atoms with van der Waals surface area (Å²) in [5, 5.41) is 0. The van der Waals surface area contributed by atoms with E-state index >= 15 is 0 Å². The van der Waals surface area contributed by atoms with E-state index in [2.05, 4.69) is 0 Å². The third-order valence-corrected chi connectivity index (χ3v) is 4.34. The van der Waals surface area contributed by atoms with Gasteiger partial charge in [-0.3, -0.25) is 4.79 Å². The number of Topliss-reactive ketones (excluding diaryl/α,β-unsaturated/α-hetero) is 1. The van der Waals surface area contributed by atoms with Gasteiger partial charge in [-0.25, -0.2) is 4.39 Å². The lowest BCUT2D eigenvalue weighted by molar-refractivity contribution is -0.140. The molecule has 2 rings (SSSR count). The molecule has 1 aliphatic carbocycles. The Labute approximate surface area is 121 Å². The summed E-state index contributed by atoms with van der Waals surface area (Å²) < 4.78 is 51.4. The SMILES string of the molecule is CCC(C)CC(=O)C1(c2ccc(C(F)(F)F)c(F)c2)CC1. The van der Waals surface area contributed by atoms with Gasteiger partial charge in [-0.15, -0.1) is 0 Å². The molecule has 0 spiro atoms. The zero-order valence-electron chi connectivity index (χ0n) is 12.1. The Morgan fingerprint density at radius 1 is 1.33 bits per heavy atom. The Balaban J connectivity index is 2.26. The van der Waals surface area contributed by atoms with E-state index in [0.717, 1.165) is 18.6 Å². The smallest absolute Gasteiger partial charge is 0.299 e. The number of carbonyl (C=O) groups excluding carboxylic acids is 1. The summed E-state index contributed by atoms with van der Waals surface area (Å²) in [6.45, 7) is 3.94. The van der Waals surface area contributed by atoms with Crippen LogP contribution in [0.4, 0.5) is 17.6 Å². The maximum absolute atomic E-state index is 13.7. The zero-order valence-corrected chi connectivity index (χ0v) is 12.1. The summed E-state index contributed by atoms with van der Waals surface area (Å²) >= 11 is 0. The second-order valence-electron chi connectivity index (χ2n) is 5.92. The summed E-state index contributed by atoms with van der Waals surface area (Å²) in [4.78, 5) is 12.3. The number of hydrogen-bond acceptors (Lipinski definition) is 1. The van der Waals surface area contributed by atoms with Crippen molar-refractivity contribution in [2.45, 2.75) is 51.1 Å². The van der Waals surface area contributed by atoms with Crippen molar-refractivity contribution in [3.05, 3.63) is 35.1 Å². The van der Waals surface area contributed by atoms with Gasteiger partial charge in [-0.05, 0) is 36.5 Å². The van der Waals surface area contributed by atoms with E-state index in [4.69, 9.17) is 0 Å². The zero-order chi connectivity index (χ0) is 15.8. The molecule has 0 heterocycles. The standard InChI is InChI=1S/C16H18F4O/c1-3-10(2)8-14(21)15(6-7-15)11-4-5-12(13(17)9-11)16(18,19)20/h4-5,9-10H,3,6-8H2,1-2H3. The summed E-state index contributed by atoms with van der Waals surface area (Å²) in [6.07, 6.45) is -2.28. The maximum Gasteiger partial charge on any atom is 0.419 e. The van der Waals surface area contributed by atoms with Crippen LogP contribution in [-0.4, -0.2) is 5.78 Å². The third-order valence-electron chi connectivity index (χ3n) is 4.34. The van der Waals surface area contributed by atoms with Crippen LogP contribution >= 0.6 is 0 Å². The van der Waals surface area contributed by atoms with Crippen LogP contribution in [0.1, 0.15) is 50.7 Å². The molecule has 0 amide bonds. The fourth-order valence-corrected chi connectivity index (χ4v) is 2.55. The molecule has 1 aliphatic rings. The van der Waals surface area contributed by atoms with Crippen molar-refractivity contribution in [2.75, 3.05) is 0 Å². The van der Waals surface area contributed by atoms with Crippen molar-refractivity contribution in [2.24, 2.45) is 5.92 Å². The number of alkyl halides is 3. The number of halogens is 4. The van der Waals surface area contributed by atoms with E-state index in [0.29, 0.717) is 24.8 Å². The Morgan fingerprint density at radius 2 is 1.95 bits per heavy atom. The first-order valence-electron chi connectivity index (χ1n) is 7.11. The molecule has 0 radical (unpaired) electrons. The molecule has 1 nitrogen and oxygen atoms in total. The molecule has 1 unspecified atom stereocenters. The fraction of sp³-hybridized carbons (Fsp3) is 0.562. The van der Waals surface area contributed by atoms with Crippen LogP contribution in [0.2, 0.25) is 0 Å². The minimum atomic E-state index is -4.71. The van der Waals surface area contributed by atoms with E-state index in [1.165, 1.54) is 6.07 Å². The van der Waals surface area contributed by atoms with Crippen molar-refractivity contribution < 1.29 is 22.4 Å². The Hall–Kier alpha value is -1.39. The Bertz CT molecular complexity index is 544. The molecule has 1 aromatic rings. The molecule has 0 N–H and O–H groups in total. The van der Waals surface area contributed by atoms with Gasteiger partial charge in [0.05, 0.1) is 11.0 Å². The van der Waals surface area contributed by atoms with Crippen molar-refractivity contribution in [3.8, 4) is 0 Å². The average molecular weight is 302 g/mol. The molecule has 1 fully saturated rings. The van der Waals surface area contributed by atoms with Crippen molar-refractivity contribution >= 4 is 5.78 Å². The number of benzene rings is 1. The quantitative estimate of drug-likeness (QED) is 0.708. The van der Waals surface area contributed by atoms with Gasteiger partial charge in [0.15, 0.2) is 0 Å². The van der Waals surface area contributed by atoms with E-state index in [-0.39, 0.29) is 11.7 Å². The van der Waals surface area contributed by atoms with E-state index in [9.17, 15) is 22.4 Å². The first-order chi connectivity index (χ1) is 9.70. The predicted molar refractivity (Wildman–Crippen MR) is 71.4 cm³/mol. The number of carbonyl (C=O) groups is 1. The number of hydrogen-bond donors (Lipinski definition) is 0. The van der Waals surface area contributed by atoms with E-state index in [1.807, 2.05) is 13.8 Å². The lowest BCUT2D eigenvalue weighted by Gasteiger charge is -2.18. The normalized spacial score (nSPS) is 18.4. The first kappa shape index (κ1) is 16.0. The molecular weight excluding hydrogens is 284 g/mol. The molecule has 0 aromatic heterocycles. The van der Waals surface area contributed by atoms with Gasteiger partial charge in [0.2, 0.25) is 0 Å². The molecule has 21 heavy (non-hydrogen) atoms. The van der Waals surface area contributed by atoms with Crippen molar-refractivity contribution in [1.29, 1.82) is 0 Å². The highest BCUT2D eigenvalue weighted by Gasteiger charge is 2.51. The van der Waals surface area contributed by atoms with Gasteiger partial charge in [0.25, 0.3) is 0 Å². The Morgan fingerprint density at radius 3 is 2.38 bits per heavy atom. The highest BCUT2D eigenvalue weighted by Crippen LogP contribution is 2.50. The molecule has 1 saturated carbocycles. The summed E-state index contributed by atoms with van der Waals surface area (Å²) in [6, 6.07) is 2.86. The van der Waals surface area contributed by atoms with Crippen LogP contribution in [-0.2, 0) is 16.4 Å². The maximum atomic E-state index is 13.7. The summed E-state index contributed by atoms with van der Waals surface area (Å²) in [5.41, 5.74) is -1.66. The number of ketones is 1. The van der Waals surface area contributed by atoms with E-state index in [1.54, 1.807) is 0 Å². The minimum Gasteiger partial charge on any atom is -0.299 e. The first-order valence-corrected chi connectivity index (χ1v) is 7.11. The van der Waals surface area contributed by atoms with Crippen LogP contribution in [0.5, 0.6) is 0 Å². The van der Waals surface area contributed by atoms with Crippen LogP contribution in [0.25, 0.3) is 0 Å². The lowest BCUT2D eigenvalue weighted by Crippen LogP contribution is -2.23. The largest absolute Gasteiger partial charge is 0.419 e. The summed E-state index contributed by atoms with van der Waals surface area (Å²) in [5.74, 6) is -1.06. The second-order valence-corrected chi connectivity index (χ2v) is 5.92. The lowest BCUT2D eigenvalue weighted by atomic mass is 9.85. The van der Waals surface area contributed by atoms with Gasteiger partial charge in [0.1, 0.15) is 11.6 Å². The van der Waals surface area contributed by atoms with Crippen molar-refractivity contribution in [1.82, 2.24) is 0 Å². The van der Waals surface area contributed by atoms with Gasteiger partial charge in [0, 0.05) is 6.42 Å². The molecule has 116 valence electrons. The second kappa shape index (κ2) is 5.43. The van der Waals surface area contributed by atoms with Gasteiger partial charge < -0.3 is 0 Å². The molecule has 0 saturated heterocycles. The van der Waals surface area contributed by atoms with Gasteiger partial charge in [-0.1, -0.05) is 26.3 Å². The minimum absolute atomic E-state index is 0.0102. The number of rotatable bonds is 5. The predicted octanol–water partition coefficient (Wildman–Crippen LogP) is 4.88. The average Bonchev–Trinajstić information content (AvgIpc) is 3.18. The van der Waals surface area contributed by atoms with Crippen LogP contribution < -0.4 is 0 Å². The highest BCUT2D eigenvalue weighted by atomic mass is 19.4. The third kappa shape index (κ3) is 3.11. The molecule has 1 aromatic carbocycles. The molecular formula is C16H18F4O. The molecule has 0 bridgehead atoms. The fourth-order valence-electron chi connectivity index (χ4n) is 2.55. The summed E-state index contributed by atoms with van der Waals surface area (Å²) in [7, 11) is 0. The van der Waals surface area contributed by atoms with Crippen LogP contribution in [0.3, 0.4) is 0 Å². The topological polar surface area (TPSA) is 17.1 Å². The highest BCUT2D eigenvalue weighted by molar-refractivity contribution is 5.93. The van der Waals surface area contributed by atoms with Crippen LogP contribution in [0, 0.1) is 11.7 Å². The Kier molecular flexibility index (Phi) is 4.13. The van der Waals surface area contributed by atoms with E-state index < -0.39 is 23.0 Å².